The zero-order valence-electron chi connectivity index (χ0n) is 20.6. The molecule has 4 N–H and O–H groups in total. The van der Waals surface area contributed by atoms with Gasteiger partial charge in [0, 0.05) is 23.0 Å². The van der Waals surface area contributed by atoms with Gasteiger partial charge in [0.1, 0.15) is 17.5 Å². The van der Waals surface area contributed by atoms with Crippen LogP contribution in [0.15, 0.2) is 48.7 Å². The van der Waals surface area contributed by atoms with Crippen LogP contribution in [0.1, 0.15) is 18.9 Å². The molecule has 0 radical (unpaired) electrons. The van der Waals surface area contributed by atoms with Crippen molar-refractivity contribution in [2.45, 2.75) is 31.6 Å². The van der Waals surface area contributed by atoms with E-state index in [1.165, 1.54) is 37.4 Å². The molecule has 4 amide bonds. The first-order valence-electron chi connectivity index (χ1n) is 11.6. The molecule has 1 fully saturated rings. The number of benzene rings is 2. The number of aromatic nitrogens is 1. The number of primary amides is 1. The van der Waals surface area contributed by atoms with Crippen LogP contribution >= 0.6 is 11.6 Å². The van der Waals surface area contributed by atoms with E-state index >= 15 is 4.39 Å². The lowest BCUT2D eigenvalue weighted by molar-refractivity contribution is -0.152. The fraction of sp³-hybridized carbons (Fsp3) is 0.280. The Morgan fingerprint density at radius 1 is 1.26 bits per heavy atom. The van der Waals surface area contributed by atoms with E-state index in [1.54, 1.807) is 18.2 Å². The Labute approximate surface area is 225 Å². The molecular weight excluding hydrogens is 540 g/mol. The lowest BCUT2D eigenvalue weighted by atomic mass is 10.0. The molecule has 1 aliphatic heterocycles. The molecule has 0 aliphatic carbocycles. The molecule has 0 saturated carbocycles. The number of carbonyl (C=O) groups excluding carboxylic acids is 3. The van der Waals surface area contributed by atoms with Gasteiger partial charge in [0.05, 0.1) is 24.3 Å². The maximum Gasteiger partial charge on any atom is 0.341 e. The highest BCUT2D eigenvalue weighted by molar-refractivity contribution is 6.30. The number of hydrogen-bond donors (Lipinski definition) is 3. The number of likely N-dealkylation sites (tertiary alicyclic amines) is 1. The van der Waals surface area contributed by atoms with Gasteiger partial charge in [-0.05, 0) is 42.8 Å². The average Bonchev–Trinajstić information content (AvgIpc) is 3.39. The molecule has 0 unspecified atom stereocenters. The van der Waals surface area contributed by atoms with Crippen LogP contribution in [0, 0.1) is 0 Å². The fourth-order valence-corrected chi connectivity index (χ4v) is 4.64. The Morgan fingerprint density at radius 2 is 2.00 bits per heavy atom. The highest BCUT2D eigenvalue weighted by atomic mass is 35.5. The molecule has 39 heavy (non-hydrogen) atoms. The van der Waals surface area contributed by atoms with Crippen molar-refractivity contribution in [3.63, 3.8) is 0 Å². The predicted molar refractivity (Wildman–Crippen MR) is 137 cm³/mol. The van der Waals surface area contributed by atoms with Gasteiger partial charge in [-0.1, -0.05) is 28.2 Å². The largest absolute Gasteiger partial charge is 0.482 e. The molecule has 4 rings (SSSR count). The third kappa shape index (κ3) is 6.20. The molecule has 3 aromatic rings. The molecule has 1 saturated heterocycles. The normalized spacial score (nSPS) is 18.7. The fourth-order valence-electron chi connectivity index (χ4n) is 4.43. The molecule has 0 bridgehead atoms. The second kappa shape index (κ2) is 10.8. The molecule has 2 aromatic carbocycles. The summed E-state index contributed by atoms with van der Waals surface area (Å²) in [6, 6.07) is 7.19. The zero-order chi connectivity index (χ0) is 28.5. The quantitative estimate of drug-likeness (QED) is 0.371. The Balaban J connectivity index is 1.59. The van der Waals surface area contributed by atoms with Crippen LogP contribution in [0.3, 0.4) is 0 Å². The molecule has 2 heterocycles. The Kier molecular flexibility index (Phi) is 7.63. The van der Waals surface area contributed by atoms with Crippen LogP contribution in [0.4, 0.5) is 24.1 Å². The Hall–Kier alpha value is -4.39. The van der Waals surface area contributed by atoms with Gasteiger partial charge < -0.3 is 25.8 Å². The number of amides is 4. The van der Waals surface area contributed by atoms with E-state index in [0.717, 1.165) is 9.47 Å². The molecule has 0 spiro atoms. The second-order valence-corrected chi connectivity index (χ2v) is 9.73. The lowest BCUT2D eigenvalue weighted by Gasteiger charge is -2.25. The second-order valence-electron chi connectivity index (χ2n) is 9.29. The summed E-state index contributed by atoms with van der Waals surface area (Å²) in [5.74, 6) is -2.20. The number of fused-ring (bicyclic) bond motifs is 1. The SMILES string of the molecule is C[C@@]1(F)C[C@@H](C(=O)N(F)Cc2cccc(Cl)c2)N(C(=O)Nc2cn(C(N)=O)c3ccc(OCC(=O)O)cc23)C1. The first kappa shape index (κ1) is 27.6. The molecule has 2 atom stereocenters. The number of nitrogens with two attached hydrogens (primary N) is 1. The smallest absolute Gasteiger partial charge is 0.341 e. The first-order chi connectivity index (χ1) is 18.3. The number of alkyl halides is 1. The van der Waals surface area contributed by atoms with E-state index in [4.69, 9.17) is 27.2 Å². The maximum atomic E-state index is 15.0. The van der Waals surface area contributed by atoms with Gasteiger partial charge in [-0.15, -0.1) is 0 Å². The van der Waals surface area contributed by atoms with Crippen molar-refractivity contribution < 1.29 is 37.9 Å². The zero-order valence-corrected chi connectivity index (χ0v) is 21.3. The van der Waals surface area contributed by atoms with Gasteiger partial charge >= 0.3 is 18.0 Å². The van der Waals surface area contributed by atoms with Gasteiger partial charge in [0.2, 0.25) is 0 Å². The summed E-state index contributed by atoms with van der Waals surface area (Å²) in [7, 11) is 0. The van der Waals surface area contributed by atoms with Gasteiger partial charge in [0.15, 0.2) is 6.61 Å². The summed E-state index contributed by atoms with van der Waals surface area (Å²) in [4.78, 5) is 49.9. The monoisotopic (exact) mass is 563 g/mol. The minimum atomic E-state index is -1.98. The number of urea groups is 1. The van der Waals surface area contributed by atoms with E-state index < -0.39 is 61.8 Å². The van der Waals surface area contributed by atoms with Crippen molar-refractivity contribution in [2.24, 2.45) is 5.73 Å². The van der Waals surface area contributed by atoms with Crippen molar-refractivity contribution in [3.05, 3.63) is 59.2 Å². The summed E-state index contributed by atoms with van der Waals surface area (Å²) in [6.07, 6.45) is 0.777. The van der Waals surface area contributed by atoms with Crippen molar-refractivity contribution in [2.75, 3.05) is 18.5 Å². The number of rotatable bonds is 7. The molecule has 14 heteroatoms. The minimum Gasteiger partial charge on any atom is -0.482 e. The van der Waals surface area contributed by atoms with Crippen LogP contribution in [0.25, 0.3) is 10.9 Å². The van der Waals surface area contributed by atoms with Crippen LogP contribution in [-0.2, 0) is 16.1 Å². The summed E-state index contributed by atoms with van der Waals surface area (Å²) >= 11 is 5.92. The number of carboxylic acid groups (broad SMARTS) is 1. The van der Waals surface area contributed by atoms with Crippen molar-refractivity contribution in [3.8, 4) is 5.75 Å². The van der Waals surface area contributed by atoms with E-state index in [1.807, 2.05) is 0 Å². The van der Waals surface area contributed by atoms with E-state index in [0.29, 0.717) is 10.6 Å². The standard InChI is InChI=1S/C25H24ClF2N5O6/c1-25(27)9-20(22(36)33(28)10-14-3-2-4-15(26)7-14)32(13-25)24(38)30-18-11-31(23(29)37)19-6-5-16(8-17(18)19)39-12-21(34)35/h2-8,11,20H,9-10,12-13H2,1H3,(H2,29,37)(H,30,38)(H,34,35)/t20-,25+/m0/s1. The number of nitrogens with zero attached hydrogens (tertiary/aromatic N) is 3. The van der Waals surface area contributed by atoms with E-state index in [9.17, 15) is 23.7 Å². The van der Waals surface area contributed by atoms with E-state index in [-0.39, 0.29) is 27.5 Å². The number of halogens is 3. The number of carbonyl (C=O) groups is 4. The van der Waals surface area contributed by atoms with Gasteiger partial charge in [-0.2, -0.15) is 5.12 Å². The van der Waals surface area contributed by atoms with Crippen LogP contribution in [0.5, 0.6) is 5.75 Å². The third-order valence-electron chi connectivity index (χ3n) is 6.11. The molecular formula is C25H24ClF2N5O6. The minimum absolute atomic E-state index is 0.0456. The highest BCUT2D eigenvalue weighted by Gasteiger charge is 2.48. The summed E-state index contributed by atoms with van der Waals surface area (Å²) in [6.45, 7) is -0.391. The van der Waals surface area contributed by atoms with Crippen LogP contribution in [-0.4, -0.2) is 68.5 Å². The first-order valence-corrected chi connectivity index (χ1v) is 12.0. The summed E-state index contributed by atoms with van der Waals surface area (Å²) in [5.41, 5.74) is 4.16. The third-order valence-corrected chi connectivity index (χ3v) is 6.34. The summed E-state index contributed by atoms with van der Waals surface area (Å²) in [5, 5.41) is 11.9. The molecule has 11 nitrogen and oxygen atoms in total. The molecule has 1 aromatic heterocycles. The average molecular weight is 564 g/mol. The van der Waals surface area contributed by atoms with Crippen molar-refractivity contribution in [1.82, 2.24) is 14.6 Å². The van der Waals surface area contributed by atoms with E-state index in [2.05, 4.69) is 5.32 Å². The van der Waals surface area contributed by atoms with Crippen molar-refractivity contribution >= 4 is 52.1 Å². The Bertz CT molecular complexity index is 1460. The predicted octanol–water partition coefficient (Wildman–Crippen LogP) is 3.93. The molecule has 1 aliphatic rings. The number of nitrogens with one attached hydrogen (secondary N) is 1. The number of carboxylic acids is 1. The maximum absolute atomic E-state index is 15.0. The molecule has 206 valence electrons. The van der Waals surface area contributed by atoms with Crippen LogP contribution in [0.2, 0.25) is 5.02 Å². The van der Waals surface area contributed by atoms with Gasteiger partial charge in [-0.3, -0.25) is 9.36 Å². The lowest BCUT2D eigenvalue weighted by Crippen LogP contribution is -2.47. The topological polar surface area (TPSA) is 147 Å². The van der Waals surface area contributed by atoms with Gasteiger partial charge in [0.25, 0.3) is 5.91 Å². The number of aliphatic carboxylic acids is 1. The highest BCUT2D eigenvalue weighted by Crippen LogP contribution is 2.34. The van der Waals surface area contributed by atoms with Gasteiger partial charge in [-0.25, -0.2) is 18.8 Å². The number of ether oxygens (including phenoxy) is 1. The van der Waals surface area contributed by atoms with Crippen molar-refractivity contribution in [1.29, 1.82) is 0 Å². The number of hydrogen-bond acceptors (Lipinski definition) is 5. The number of anilines is 1. The Morgan fingerprint density at radius 3 is 2.67 bits per heavy atom. The summed E-state index contributed by atoms with van der Waals surface area (Å²) < 4.78 is 36.1. The van der Waals surface area contributed by atoms with Crippen LogP contribution < -0.4 is 15.8 Å².